The Morgan fingerprint density at radius 2 is 1.83 bits per heavy atom. The van der Waals surface area contributed by atoms with Gasteiger partial charge in [0.2, 0.25) is 5.95 Å². The van der Waals surface area contributed by atoms with Crippen molar-refractivity contribution in [2.45, 2.75) is 6.42 Å². The fourth-order valence-electron chi connectivity index (χ4n) is 2.41. The highest BCUT2D eigenvalue weighted by atomic mass is 16.5. The van der Waals surface area contributed by atoms with Crippen LogP contribution in [0.15, 0.2) is 36.4 Å². The summed E-state index contributed by atoms with van der Waals surface area (Å²) in [5, 5.41) is 11.9. The van der Waals surface area contributed by atoms with Crippen LogP contribution < -0.4 is 14.8 Å². The van der Waals surface area contributed by atoms with Gasteiger partial charge in [0.05, 0.1) is 31.7 Å². The first-order valence-electron chi connectivity index (χ1n) is 7.28. The third-order valence-corrected chi connectivity index (χ3v) is 3.56. The molecule has 0 aliphatic carbocycles. The Hall–Kier alpha value is -3.22. The summed E-state index contributed by atoms with van der Waals surface area (Å²) in [6.07, 6.45) is 0.00447. The first-order chi connectivity index (χ1) is 11.6. The molecule has 0 aliphatic rings. The molecule has 3 aromatic rings. The van der Waals surface area contributed by atoms with Crippen molar-refractivity contribution < 1.29 is 19.4 Å². The van der Waals surface area contributed by atoms with Crippen LogP contribution in [0.3, 0.4) is 0 Å². The molecule has 24 heavy (non-hydrogen) atoms. The zero-order valence-corrected chi connectivity index (χ0v) is 13.3. The number of hydrogen-bond donors (Lipinski definition) is 3. The number of nitrogens with zero attached hydrogens (tertiary/aromatic N) is 1. The summed E-state index contributed by atoms with van der Waals surface area (Å²) in [6, 6.07) is 10.8. The van der Waals surface area contributed by atoms with E-state index in [1.807, 2.05) is 18.2 Å². The minimum Gasteiger partial charge on any atom is -0.493 e. The number of carboxylic acids is 1. The molecule has 0 radical (unpaired) electrons. The van der Waals surface area contributed by atoms with E-state index >= 15 is 0 Å². The Balaban J connectivity index is 1.83. The summed E-state index contributed by atoms with van der Waals surface area (Å²) in [7, 11) is 3.16. The molecule has 1 heterocycles. The van der Waals surface area contributed by atoms with Crippen molar-refractivity contribution in [1.29, 1.82) is 0 Å². The van der Waals surface area contributed by atoms with Gasteiger partial charge in [-0.05, 0) is 17.7 Å². The number of methoxy groups -OCH3 is 2. The molecule has 3 rings (SSSR count). The number of imidazole rings is 1. The lowest BCUT2D eigenvalue weighted by Crippen LogP contribution is -2.00. The Morgan fingerprint density at radius 1 is 1.17 bits per heavy atom. The fourth-order valence-corrected chi connectivity index (χ4v) is 2.41. The second kappa shape index (κ2) is 6.49. The van der Waals surface area contributed by atoms with Gasteiger partial charge in [0.1, 0.15) is 0 Å². The van der Waals surface area contributed by atoms with Gasteiger partial charge in [-0.1, -0.05) is 12.1 Å². The van der Waals surface area contributed by atoms with Crippen molar-refractivity contribution in [3.8, 4) is 11.5 Å². The lowest BCUT2D eigenvalue weighted by Gasteiger charge is -2.06. The van der Waals surface area contributed by atoms with Crippen LogP contribution in [0.4, 0.5) is 11.6 Å². The van der Waals surface area contributed by atoms with Gasteiger partial charge in [-0.25, -0.2) is 4.98 Å². The molecule has 0 fully saturated rings. The van der Waals surface area contributed by atoms with Gasteiger partial charge in [0, 0.05) is 17.8 Å². The highest BCUT2D eigenvalue weighted by Crippen LogP contribution is 2.32. The molecule has 0 atom stereocenters. The Bertz CT molecular complexity index is 830. The number of ether oxygens (including phenoxy) is 2. The summed E-state index contributed by atoms with van der Waals surface area (Å²) >= 11 is 0. The van der Waals surface area contributed by atoms with Crippen LogP contribution in [-0.2, 0) is 11.2 Å². The Labute approximate surface area is 138 Å². The Kier molecular flexibility index (Phi) is 4.24. The quantitative estimate of drug-likeness (QED) is 0.644. The van der Waals surface area contributed by atoms with Gasteiger partial charge in [-0.15, -0.1) is 0 Å². The third-order valence-electron chi connectivity index (χ3n) is 3.56. The molecule has 0 bridgehead atoms. The van der Waals surface area contributed by atoms with Crippen LogP contribution in [0.25, 0.3) is 11.0 Å². The number of aromatic amines is 1. The van der Waals surface area contributed by atoms with Crippen LogP contribution in [-0.4, -0.2) is 35.3 Å². The number of nitrogens with one attached hydrogen (secondary N) is 2. The molecule has 0 amide bonds. The zero-order chi connectivity index (χ0) is 17.1. The number of rotatable bonds is 6. The van der Waals surface area contributed by atoms with E-state index in [1.165, 1.54) is 0 Å². The monoisotopic (exact) mass is 327 g/mol. The lowest BCUT2D eigenvalue weighted by molar-refractivity contribution is -0.136. The standard InChI is InChI=1S/C17H17N3O4/c1-23-14-8-12-13(9-15(14)24-2)20-17(19-12)18-11-5-3-10(4-6-11)7-16(21)22/h3-6,8-9H,7H2,1-2H3,(H,21,22)(H2,18,19,20). The summed E-state index contributed by atoms with van der Waals surface area (Å²) in [5.74, 6) is 0.960. The Morgan fingerprint density at radius 3 is 2.46 bits per heavy atom. The summed E-state index contributed by atoms with van der Waals surface area (Å²) in [6.45, 7) is 0. The first-order valence-corrected chi connectivity index (χ1v) is 7.28. The summed E-state index contributed by atoms with van der Waals surface area (Å²) in [4.78, 5) is 18.3. The van der Waals surface area contributed by atoms with Crippen LogP contribution in [0, 0.1) is 0 Å². The number of benzene rings is 2. The maximum atomic E-state index is 10.7. The average molecular weight is 327 g/mol. The van der Waals surface area contributed by atoms with E-state index in [0.717, 1.165) is 22.3 Å². The van der Waals surface area contributed by atoms with Gasteiger partial charge in [0.25, 0.3) is 0 Å². The molecular formula is C17H17N3O4. The van der Waals surface area contributed by atoms with Crippen LogP contribution in [0.2, 0.25) is 0 Å². The van der Waals surface area contributed by atoms with Crippen molar-refractivity contribution in [3.63, 3.8) is 0 Å². The van der Waals surface area contributed by atoms with E-state index in [9.17, 15) is 4.79 Å². The molecule has 7 nitrogen and oxygen atoms in total. The van der Waals surface area contributed by atoms with E-state index in [-0.39, 0.29) is 6.42 Å². The topological polar surface area (TPSA) is 96.5 Å². The minimum absolute atomic E-state index is 0.00447. The van der Waals surface area contributed by atoms with Crippen molar-refractivity contribution in [3.05, 3.63) is 42.0 Å². The molecule has 2 aromatic carbocycles. The smallest absolute Gasteiger partial charge is 0.307 e. The van der Waals surface area contributed by atoms with E-state index in [1.54, 1.807) is 32.4 Å². The van der Waals surface area contributed by atoms with Crippen LogP contribution in [0.1, 0.15) is 5.56 Å². The number of carbonyl (C=O) groups is 1. The molecule has 1 aromatic heterocycles. The number of hydrogen-bond acceptors (Lipinski definition) is 5. The normalized spacial score (nSPS) is 10.6. The third kappa shape index (κ3) is 3.24. The highest BCUT2D eigenvalue weighted by Gasteiger charge is 2.10. The number of carboxylic acid groups (broad SMARTS) is 1. The maximum absolute atomic E-state index is 10.7. The molecule has 0 spiro atoms. The van der Waals surface area contributed by atoms with Gasteiger partial charge in [-0.2, -0.15) is 0 Å². The molecule has 0 saturated carbocycles. The molecule has 124 valence electrons. The highest BCUT2D eigenvalue weighted by molar-refractivity contribution is 5.82. The van der Waals surface area contributed by atoms with Crippen molar-refractivity contribution in [2.24, 2.45) is 0 Å². The predicted octanol–water partition coefficient (Wildman–Crippen LogP) is 2.95. The van der Waals surface area contributed by atoms with E-state index < -0.39 is 5.97 Å². The zero-order valence-electron chi connectivity index (χ0n) is 13.3. The molecule has 7 heteroatoms. The van der Waals surface area contributed by atoms with Gasteiger partial charge < -0.3 is 24.9 Å². The first kappa shape index (κ1) is 15.7. The number of aromatic nitrogens is 2. The second-order valence-corrected chi connectivity index (χ2v) is 5.20. The van der Waals surface area contributed by atoms with Crippen molar-refractivity contribution >= 4 is 28.6 Å². The number of anilines is 2. The number of aliphatic carboxylic acids is 1. The minimum atomic E-state index is -0.851. The van der Waals surface area contributed by atoms with Crippen LogP contribution in [0.5, 0.6) is 11.5 Å². The van der Waals surface area contributed by atoms with Gasteiger partial charge in [0.15, 0.2) is 11.5 Å². The molecule has 0 aliphatic heterocycles. The molecule has 0 saturated heterocycles. The van der Waals surface area contributed by atoms with Gasteiger partial charge >= 0.3 is 5.97 Å². The van der Waals surface area contributed by atoms with E-state index in [4.69, 9.17) is 14.6 Å². The molecular weight excluding hydrogens is 310 g/mol. The maximum Gasteiger partial charge on any atom is 0.307 e. The van der Waals surface area contributed by atoms with Crippen molar-refractivity contribution in [1.82, 2.24) is 9.97 Å². The van der Waals surface area contributed by atoms with Crippen LogP contribution >= 0.6 is 0 Å². The lowest BCUT2D eigenvalue weighted by atomic mass is 10.1. The molecule has 0 unspecified atom stereocenters. The largest absolute Gasteiger partial charge is 0.493 e. The second-order valence-electron chi connectivity index (χ2n) is 5.20. The SMILES string of the molecule is COc1cc2nc(Nc3ccc(CC(=O)O)cc3)[nH]c2cc1OC. The van der Waals surface area contributed by atoms with E-state index in [2.05, 4.69) is 15.3 Å². The predicted molar refractivity (Wildman–Crippen MR) is 90.3 cm³/mol. The van der Waals surface area contributed by atoms with E-state index in [0.29, 0.717) is 17.4 Å². The number of H-pyrrole nitrogens is 1. The fraction of sp³-hybridized carbons (Fsp3) is 0.176. The van der Waals surface area contributed by atoms with Crippen molar-refractivity contribution in [2.75, 3.05) is 19.5 Å². The molecule has 3 N–H and O–H groups in total. The summed E-state index contributed by atoms with van der Waals surface area (Å²) in [5.41, 5.74) is 3.12. The number of fused-ring (bicyclic) bond motifs is 1. The summed E-state index contributed by atoms with van der Waals surface area (Å²) < 4.78 is 10.5. The van der Waals surface area contributed by atoms with Gasteiger partial charge in [-0.3, -0.25) is 4.79 Å². The average Bonchev–Trinajstić information content (AvgIpc) is 2.95.